The number of hydrogen-bond acceptors (Lipinski definition) is 17. The number of anilines is 3. The number of aromatic nitrogens is 4. The molecule has 0 spiro atoms. The molecule has 3 aromatic carbocycles. The standard InChI is InChI=1S/C57H52ClF4N11O8S/c1-5-57(78)36-15-42-46-34(22-73(42)52(75)35(36)23-79-53(57)76)32(18-63)30-14-41(39(61)16-40(30)66-46)67-55(77)81-27(4)26(3)51(74)70-11-12-72(25(2)20-70)50-31-13-37(58)44(29-7-8-38(60)48-43(29)33(19-64)49(65)82-48)45(62)47(31)68-54(69-50)80-24-56-9-6-10-71(56)21-28(59)17-56/h7-8,13-16,25,27-28,78H,3,5-6,9-12,17-18,20-24,63,65H2,1-2,4H3,(H,67,77)/t25-,27-,28+,56-,57-/m0/s1. The van der Waals surface area contributed by atoms with Crippen LogP contribution in [0.5, 0.6) is 6.01 Å². The second kappa shape index (κ2) is 20.2. The second-order valence-electron chi connectivity index (χ2n) is 21.5. The highest BCUT2D eigenvalue weighted by atomic mass is 35.5. The molecule has 7 aromatic rings. The van der Waals surface area contributed by atoms with Crippen LogP contribution in [-0.2, 0) is 44.4 Å². The highest BCUT2D eigenvalue weighted by Gasteiger charge is 2.50. The van der Waals surface area contributed by atoms with E-state index in [4.69, 9.17) is 47.2 Å². The first-order valence-electron chi connectivity index (χ1n) is 26.6. The van der Waals surface area contributed by atoms with Crippen molar-refractivity contribution in [2.45, 2.75) is 95.6 Å². The Labute approximate surface area is 473 Å². The lowest BCUT2D eigenvalue weighted by Gasteiger charge is -2.41. The zero-order valence-corrected chi connectivity index (χ0v) is 46.0. The van der Waals surface area contributed by atoms with Crippen molar-refractivity contribution in [1.29, 1.82) is 5.26 Å². The fraction of sp³-hybridized carbons (Fsp3) is 0.368. The third-order valence-electron chi connectivity index (χ3n) is 16.8. The predicted octanol–water partition coefficient (Wildman–Crippen LogP) is 8.07. The molecule has 0 unspecified atom stereocenters. The minimum absolute atomic E-state index is 0.0275. The van der Waals surface area contributed by atoms with Crippen LogP contribution in [0.3, 0.4) is 0 Å². The van der Waals surface area contributed by atoms with Crippen LogP contribution in [0.4, 0.5) is 38.9 Å². The number of carbonyl (C=O) groups excluding carboxylic acids is 3. The molecule has 9 heterocycles. The first-order chi connectivity index (χ1) is 39.2. The summed E-state index contributed by atoms with van der Waals surface area (Å²) in [4.78, 5) is 73.6. The number of piperazine rings is 1. The van der Waals surface area contributed by atoms with Crippen LogP contribution >= 0.6 is 22.9 Å². The highest BCUT2D eigenvalue weighted by molar-refractivity contribution is 7.23. The smallest absolute Gasteiger partial charge is 0.412 e. The third kappa shape index (κ3) is 8.57. The summed E-state index contributed by atoms with van der Waals surface area (Å²) in [6, 6.07) is 9.22. The van der Waals surface area contributed by atoms with E-state index >= 15 is 13.2 Å². The second-order valence-corrected chi connectivity index (χ2v) is 22.9. The number of alkyl halides is 1. The monoisotopic (exact) mass is 1160 g/mol. The zero-order chi connectivity index (χ0) is 58.0. The normalized spacial score (nSPS) is 21.5. The van der Waals surface area contributed by atoms with Gasteiger partial charge in [-0.3, -0.25) is 19.8 Å². The van der Waals surface area contributed by atoms with Gasteiger partial charge in [0.05, 0.1) is 61.1 Å². The summed E-state index contributed by atoms with van der Waals surface area (Å²) >= 11 is 7.82. The van der Waals surface area contributed by atoms with Gasteiger partial charge in [-0.25, -0.2) is 32.1 Å². The Kier molecular flexibility index (Phi) is 13.5. The molecule has 0 aliphatic carbocycles. The van der Waals surface area contributed by atoms with Gasteiger partial charge in [0.1, 0.15) is 59.5 Å². The van der Waals surface area contributed by atoms with Gasteiger partial charge in [0.2, 0.25) is 0 Å². The Morgan fingerprint density at radius 3 is 2.62 bits per heavy atom. The van der Waals surface area contributed by atoms with E-state index in [1.807, 2.05) is 17.9 Å². The number of thiophene rings is 1. The lowest BCUT2D eigenvalue weighted by Crippen LogP contribution is -2.54. The van der Waals surface area contributed by atoms with Crippen LogP contribution in [0, 0.1) is 28.8 Å². The van der Waals surface area contributed by atoms with Crippen molar-refractivity contribution in [3.05, 3.63) is 109 Å². The van der Waals surface area contributed by atoms with Gasteiger partial charge in [0.15, 0.2) is 11.4 Å². The number of rotatable bonds is 11. The fourth-order valence-corrected chi connectivity index (χ4v) is 13.8. The van der Waals surface area contributed by atoms with Gasteiger partial charge in [0, 0.05) is 84.1 Å². The molecule has 0 radical (unpaired) electrons. The van der Waals surface area contributed by atoms with E-state index in [-0.39, 0.29) is 153 Å². The number of nitriles is 1. The molecule has 4 aromatic heterocycles. The van der Waals surface area contributed by atoms with E-state index < -0.39 is 70.4 Å². The summed E-state index contributed by atoms with van der Waals surface area (Å²) in [5.74, 6) is -3.66. The largest absolute Gasteiger partial charge is 0.461 e. The number of carbonyl (C=O) groups is 3. The van der Waals surface area contributed by atoms with Crippen molar-refractivity contribution in [3.8, 4) is 34.6 Å². The van der Waals surface area contributed by atoms with Crippen molar-refractivity contribution in [2.75, 3.05) is 55.3 Å². The molecular formula is C57H52ClF4N11O8S. The molecule has 0 bridgehead atoms. The SMILES string of the molecule is C=C(C(=O)N1CCN(c2nc(OC[C@@]34CCCN3C[C@H](F)C4)nc3c(F)c(-c4ccc(F)c5sc(N)c(C#N)c45)c(Cl)cc23)[C@@H](C)C1)[C@H](C)OC(=O)Nc1cc2c(CN)c3c(nc2cc1F)-c1cc2c(c(=O)n1C3)COC(=O)[C@]2(O)CC. The number of nitrogen functional groups attached to an aromatic ring is 1. The topological polar surface area (TPSA) is 257 Å². The summed E-state index contributed by atoms with van der Waals surface area (Å²) in [6.07, 6.45) is -1.65. The molecule has 5 aliphatic rings. The molecule has 82 heavy (non-hydrogen) atoms. The first kappa shape index (κ1) is 54.6. The Morgan fingerprint density at radius 2 is 1.88 bits per heavy atom. The Hall–Kier alpha value is -7.95. The number of benzene rings is 3. The van der Waals surface area contributed by atoms with Crippen molar-refractivity contribution in [3.63, 3.8) is 0 Å². The summed E-state index contributed by atoms with van der Waals surface area (Å²) in [7, 11) is 0. The van der Waals surface area contributed by atoms with Crippen LogP contribution < -0.4 is 32.0 Å². The molecule has 3 saturated heterocycles. The molecule has 19 nitrogen and oxygen atoms in total. The average Bonchev–Trinajstić information content (AvgIpc) is 4.03. The fourth-order valence-electron chi connectivity index (χ4n) is 12.6. The Morgan fingerprint density at radius 1 is 1.09 bits per heavy atom. The molecule has 5 aliphatic heterocycles. The Bertz CT molecular complexity index is 4080. The van der Waals surface area contributed by atoms with Gasteiger partial charge in [-0.05, 0) is 75.0 Å². The number of esters is 1. The van der Waals surface area contributed by atoms with Crippen molar-refractivity contribution < 1.29 is 51.3 Å². The van der Waals surface area contributed by atoms with Crippen LogP contribution in [0.1, 0.15) is 74.3 Å². The van der Waals surface area contributed by atoms with E-state index in [9.17, 15) is 33.9 Å². The lowest BCUT2D eigenvalue weighted by atomic mass is 9.86. The number of nitrogens with one attached hydrogen (secondary N) is 1. The molecule has 3 fully saturated rings. The summed E-state index contributed by atoms with van der Waals surface area (Å²) in [6.45, 7) is 9.73. The number of nitrogens with two attached hydrogens (primary N) is 2. The van der Waals surface area contributed by atoms with E-state index in [1.165, 1.54) is 40.7 Å². The maximum Gasteiger partial charge on any atom is 0.412 e. The van der Waals surface area contributed by atoms with Gasteiger partial charge in [-0.15, -0.1) is 11.3 Å². The number of amides is 2. The molecular weight excluding hydrogens is 1110 g/mol. The molecule has 0 saturated carbocycles. The summed E-state index contributed by atoms with van der Waals surface area (Å²) in [5.41, 5.74) is 10.7. The highest BCUT2D eigenvalue weighted by Crippen LogP contribution is 2.47. The van der Waals surface area contributed by atoms with Crippen LogP contribution in [0.2, 0.25) is 5.02 Å². The number of ether oxygens (including phenoxy) is 3. The molecule has 25 heteroatoms. The summed E-state index contributed by atoms with van der Waals surface area (Å²) < 4.78 is 82.0. The van der Waals surface area contributed by atoms with E-state index in [0.717, 1.165) is 29.9 Å². The number of halogens is 5. The van der Waals surface area contributed by atoms with Gasteiger partial charge in [0.25, 0.3) is 11.5 Å². The number of nitrogens with zero attached hydrogens (tertiary/aromatic N) is 8. The van der Waals surface area contributed by atoms with Gasteiger partial charge >= 0.3 is 18.1 Å². The van der Waals surface area contributed by atoms with Gasteiger partial charge in [-0.2, -0.15) is 15.2 Å². The number of cyclic esters (lactones) is 1. The number of fused-ring (bicyclic) bond motifs is 8. The maximum atomic E-state index is 17.5. The van der Waals surface area contributed by atoms with Crippen LogP contribution in [0.25, 0.3) is 54.4 Å². The minimum atomic E-state index is -2.05. The minimum Gasteiger partial charge on any atom is -0.461 e. The first-order valence-corrected chi connectivity index (χ1v) is 27.8. The number of pyridine rings is 2. The number of aliphatic hydroxyl groups is 1. The molecule has 12 rings (SSSR count). The van der Waals surface area contributed by atoms with Crippen molar-refractivity contribution in [1.82, 2.24) is 29.3 Å². The Balaban J connectivity index is 0.777. The van der Waals surface area contributed by atoms with Crippen molar-refractivity contribution in [2.24, 2.45) is 5.73 Å². The van der Waals surface area contributed by atoms with Gasteiger partial charge in [-0.1, -0.05) is 31.2 Å². The quantitative estimate of drug-likeness (QED) is 0.0542. The van der Waals surface area contributed by atoms with E-state index in [2.05, 4.69) is 21.8 Å². The summed E-state index contributed by atoms with van der Waals surface area (Å²) in [5, 5.41) is 24.3. The maximum absolute atomic E-state index is 17.5. The lowest BCUT2D eigenvalue weighted by molar-refractivity contribution is -0.172. The van der Waals surface area contributed by atoms with Crippen molar-refractivity contribution >= 4 is 89.3 Å². The molecule has 424 valence electrons. The number of hydrogen-bond donors (Lipinski definition) is 4. The zero-order valence-electron chi connectivity index (χ0n) is 44.4. The average molecular weight is 1160 g/mol. The molecule has 5 atom stereocenters. The predicted molar refractivity (Wildman–Crippen MR) is 297 cm³/mol. The van der Waals surface area contributed by atoms with Gasteiger partial charge < -0.3 is 45.2 Å². The molecule has 6 N–H and O–H groups in total. The van der Waals surface area contributed by atoms with Crippen LogP contribution in [0.15, 0.2) is 53.3 Å². The van der Waals surface area contributed by atoms with E-state index in [0.29, 0.717) is 40.9 Å². The van der Waals surface area contributed by atoms with Crippen LogP contribution in [-0.4, -0.2) is 116 Å². The van der Waals surface area contributed by atoms with E-state index in [1.54, 1.807) is 6.92 Å². The molecule has 2 amide bonds. The third-order valence-corrected chi connectivity index (χ3v) is 18.2.